The summed E-state index contributed by atoms with van der Waals surface area (Å²) in [5.74, 6) is -0.263. The van der Waals surface area contributed by atoms with E-state index in [1.807, 2.05) is 30.3 Å². The van der Waals surface area contributed by atoms with Gasteiger partial charge in [-0.2, -0.15) is 0 Å². The van der Waals surface area contributed by atoms with E-state index in [2.05, 4.69) is 51.3 Å². The highest BCUT2D eigenvalue weighted by molar-refractivity contribution is 6.32. The van der Waals surface area contributed by atoms with Gasteiger partial charge in [-0.15, -0.1) is 0 Å². The maximum atomic E-state index is 16.7. The molecule has 4 N–H and O–H groups in total. The highest BCUT2D eigenvalue weighted by atomic mass is 35.5. The fraction of sp³-hybridized carbons (Fsp3) is 0.433. The van der Waals surface area contributed by atoms with Gasteiger partial charge in [-0.3, -0.25) is 9.69 Å². The Morgan fingerprint density at radius 3 is 2.45 bits per heavy atom. The van der Waals surface area contributed by atoms with Crippen LogP contribution in [-0.4, -0.2) is 53.0 Å². The van der Waals surface area contributed by atoms with Gasteiger partial charge in [0.05, 0.1) is 5.69 Å². The largest absolute Gasteiger partial charge is 0.393 e. The van der Waals surface area contributed by atoms with Crippen LogP contribution in [0.25, 0.3) is 11.1 Å². The number of para-hydroxylation sites is 1. The lowest BCUT2D eigenvalue weighted by Crippen LogP contribution is -2.55. The van der Waals surface area contributed by atoms with Crippen LogP contribution in [0.2, 0.25) is 5.15 Å². The van der Waals surface area contributed by atoms with Crippen molar-refractivity contribution in [3.05, 3.63) is 53.7 Å². The number of halogens is 2. The van der Waals surface area contributed by atoms with Gasteiger partial charge in [-0.25, -0.2) is 14.4 Å². The normalized spacial score (nSPS) is 20.4. The maximum Gasteiger partial charge on any atom is 0.227 e. The van der Waals surface area contributed by atoms with E-state index in [4.69, 9.17) is 17.3 Å². The Morgan fingerprint density at radius 2 is 1.73 bits per heavy atom. The van der Waals surface area contributed by atoms with Gasteiger partial charge >= 0.3 is 0 Å². The minimum absolute atomic E-state index is 0.00802. The molecule has 0 radical (unpaired) electrons. The number of nitrogen functional groups attached to an aromatic ring is 1. The topological polar surface area (TPSA) is 99.4 Å². The first-order chi connectivity index (χ1) is 19.2. The van der Waals surface area contributed by atoms with Crippen molar-refractivity contribution in [3.63, 3.8) is 0 Å². The number of rotatable bonds is 6. The van der Waals surface area contributed by atoms with Crippen molar-refractivity contribution in [2.75, 3.05) is 41.4 Å². The molecule has 2 aliphatic rings. The molecule has 8 nitrogen and oxygen atoms in total. The SMILES string of the molecule is C[C@@H]1CN(c2ccc(-c3ccccc3NC(=O)C3CCCCC3)c(F)c2Nc2ncnc(Cl)c2N)C[C@H](C)N1C. The number of aromatic nitrogens is 2. The molecular formula is C30H37ClFN7O. The third-order valence-corrected chi connectivity index (χ3v) is 8.65. The zero-order chi connectivity index (χ0) is 28.4. The fourth-order valence-electron chi connectivity index (χ4n) is 5.78. The minimum Gasteiger partial charge on any atom is -0.393 e. The second-order valence-electron chi connectivity index (χ2n) is 11.0. The summed E-state index contributed by atoms with van der Waals surface area (Å²) in [5, 5.41) is 6.31. The molecule has 1 saturated carbocycles. The molecule has 1 aromatic heterocycles. The zero-order valence-corrected chi connectivity index (χ0v) is 24.0. The van der Waals surface area contributed by atoms with E-state index < -0.39 is 5.82 Å². The van der Waals surface area contributed by atoms with Gasteiger partial charge in [0.2, 0.25) is 5.91 Å². The third-order valence-electron chi connectivity index (χ3n) is 8.35. The van der Waals surface area contributed by atoms with Gasteiger partial charge in [-0.1, -0.05) is 49.1 Å². The average Bonchev–Trinajstić information content (AvgIpc) is 2.95. The Kier molecular flexibility index (Phi) is 8.42. The van der Waals surface area contributed by atoms with Gasteiger partial charge < -0.3 is 21.3 Å². The molecule has 0 unspecified atom stereocenters. The van der Waals surface area contributed by atoms with Crippen LogP contribution in [0, 0.1) is 11.7 Å². The Morgan fingerprint density at radius 1 is 1.02 bits per heavy atom. The van der Waals surface area contributed by atoms with Crippen molar-refractivity contribution >= 4 is 46.1 Å². The highest BCUT2D eigenvalue weighted by Gasteiger charge is 2.30. The molecule has 10 heteroatoms. The molecule has 212 valence electrons. The van der Waals surface area contributed by atoms with Gasteiger partial charge in [0, 0.05) is 47.9 Å². The number of likely N-dealkylation sites (N-methyl/N-ethyl adjacent to an activating group) is 1. The predicted molar refractivity (Wildman–Crippen MR) is 161 cm³/mol. The van der Waals surface area contributed by atoms with Crippen LogP contribution in [0.5, 0.6) is 0 Å². The van der Waals surface area contributed by atoms with Crippen LogP contribution in [-0.2, 0) is 4.79 Å². The maximum absolute atomic E-state index is 16.7. The molecule has 1 saturated heterocycles. The standard InChI is InChI=1S/C30H37ClFN7O/c1-18-15-39(16-19(2)38(18)3)24-14-13-22(25(32)27(24)37-29-26(33)28(31)34-17-35-29)21-11-7-8-12-23(21)36-30(40)20-9-5-4-6-10-20/h7-8,11-14,17-20H,4-6,9-10,15-16,33H2,1-3H3,(H,36,40)(H,34,35,37)/t18-,19+. The van der Waals surface area contributed by atoms with Gasteiger partial charge in [0.15, 0.2) is 16.8 Å². The summed E-state index contributed by atoms with van der Waals surface area (Å²) in [7, 11) is 2.11. The molecule has 40 heavy (non-hydrogen) atoms. The number of piperazine rings is 1. The summed E-state index contributed by atoms with van der Waals surface area (Å²) < 4.78 is 16.7. The molecule has 2 aromatic carbocycles. The van der Waals surface area contributed by atoms with Crippen LogP contribution < -0.4 is 21.3 Å². The zero-order valence-electron chi connectivity index (χ0n) is 23.3. The Balaban J connectivity index is 1.56. The summed E-state index contributed by atoms with van der Waals surface area (Å²) in [5.41, 5.74) is 8.80. The molecule has 1 aliphatic carbocycles. The molecule has 2 heterocycles. The number of nitrogens with one attached hydrogen (secondary N) is 2. The number of hydrogen-bond donors (Lipinski definition) is 3. The van der Waals surface area contributed by atoms with E-state index in [0.29, 0.717) is 22.5 Å². The Bertz CT molecular complexity index is 1370. The van der Waals surface area contributed by atoms with Gasteiger partial charge in [-0.05, 0) is 51.9 Å². The van der Waals surface area contributed by atoms with Crippen LogP contribution in [0.1, 0.15) is 46.0 Å². The number of carbonyl (C=O) groups excluding carboxylic acids is 1. The fourth-order valence-corrected chi connectivity index (χ4v) is 5.91. The van der Waals surface area contributed by atoms with E-state index >= 15 is 4.39 Å². The van der Waals surface area contributed by atoms with Gasteiger partial charge in [0.25, 0.3) is 0 Å². The molecule has 3 aromatic rings. The van der Waals surface area contributed by atoms with Crippen molar-refractivity contribution < 1.29 is 9.18 Å². The number of nitrogens with zero attached hydrogens (tertiary/aromatic N) is 4. The molecule has 1 amide bonds. The van der Waals surface area contributed by atoms with E-state index in [9.17, 15) is 4.79 Å². The van der Waals surface area contributed by atoms with Crippen molar-refractivity contribution in [2.24, 2.45) is 5.92 Å². The second kappa shape index (κ2) is 12.0. The van der Waals surface area contributed by atoms with Crippen LogP contribution in [0.15, 0.2) is 42.7 Å². The summed E-state index contributed by atoms with van der Waals surface area (Å²) in [6.07, 6.45) is 6.35. The molecule has 2 atom stereocenters. The van der Waals surface area contributed by atoms with E-state index in [1.54, 1.807) is 6.07 Å². The number of anilines is 5. The first-order valence-corrected chi connectivity index (χ1v) is 14.3. The first-order valence-electron chi connectivity index (χ1n) is 14.0. The van der Waals surface area contributed by atoms with Crippen LogP contribution >= 0.6 is 11.6 Å². The summed E-state index contributed by atoms with van der Waals surface area (Å²) in [6, 6.07) is 11.6. The van der Waals surface area contributed by atoms with Crippen molar-refractivity contribution in [1.29, 1.82) is 0 Å². The lowest BCUT2D eigenvalue weighted by Gasteiger charge is -2.44. The smallest absolute Gasteiger partial charge is 0.227 e. The van der Waals surface area contributed by atoms with E-state index in [0.717, 1.165) is 38.8 Å². The molecule has 0 bridgehead atoms. The van der Waals surface area contributed by atoms with Crippen molar-refractivity contribution in [1.82, 2.24) is 14.9 Å². The quantitative estimate of drug-likeness (QED) is 0.301. The second-order valence-corrected chi connectivity index (χ2v) is 11.4. The third kappa shape index (κ3) is 5.71. The molecule has 2 fully saturated rings. The summed E-state index contributed by atoms with van der Waals surface area (Å²) in [6.45, 7) is 5.77. The van der Waals surface area contributed by atoms with Gasteiger partial charge in [0.1, 0.15) is 17.7 Å². The highest BCUT2D eigenvalue weighted by Crippen LogP contribution is 2.41. The first kappa shape index (κ1) is 28.1. The van der Waals surface area contributed by atoms with E-state index in [-0.39, 0.29) is 46.3 Å². The van der Waals surface area contributed by atoms with Crippen molar-refractivity contribution in [3.8, 4) is 11.1 Å². The number of amides is 1. The van der Waals surface area contributed by atoms with Crippen LogP contribution in [0.4, 0.5) is 33.0 Å². The monoisotopic (exact) mass is 565 g/mol. The van der Waals surface area contributed by atoms with E-state index in [1.165, 1.54) is 12.7 Å². The average molecular weight is 566 g/mol. The number of nitrogens with two attached hydrogens (primary N) is 1. The number of benzene rings is 2. The van der Waals surface area contributed by atoms with Crippen molar-refractivity contribution in [2.45, 2.75) is 58.0 Å². The minimum atomic E-state index is -0.467. The number of carbonyl (C=O) groups is 1. The summed E-state index contributed by atoms with van der Waals surface area (Å²) >= 11 is 6.16. The lowest BCUT2D eigenvalue weighted by atomic mass is 9.88. The molecule has 5 rings (SSSR count). The number of hydrogen-bond acceptors (Lipinski definition) is 7. The Labute approximate surface area is 240 Å². The Hall–Kier alpha value is -3.43. The summed E-state index contributed by atoms with van der Waals surface area (Å²) in [4.78, 5) is 25.8. The molecule has 0 spiro atoms. The van der Waals surface area contributed by atoms with Crippen LogP contribution in [0.3, 0.4) is 0 Å². The lowest BCUT2D eigenvalue weighted by molar-refractivity contribution is -0.120. The molecule has 1 aliphatic heterocycles. The predicted octanol–water partition coefficient (Wildman–Crippen LogP) is 6.31. The molecular weight excluding hydrogens is 529 g/mol.